The minimum absolute atomic E-state index is 0.0287. The van der Waals surface area contributed by atoms with E-state index in [1.54, 1.807) is 25.1 Å². The number of carboxylic acids is 1. The van der Waals surface area contributed by atoms with Crippen LogP contribution in [0.15, 0.2) is 48.7 Å². The Morgan fingerprint density at radius 3 is 2.75 bits per heavy atom. The van der Waals surface area contributed by atoms with Gasteiger partial charge in [-0.05, 0) is 66.1 Å². The molecule has 0 unspecified atom stereocenters. The van der Waals surface area contributed by atoms with Crippen LogP contribution in [0.25, 0.3) is 5.65 Å². The molecule has 1 aliphatic heterocycles. The molecule has 0 saturated carbocycles. The van der Waals surface area contributed by atoms with E-state index in [4.69, 9.17) is 0 Å². The van der Waals surface area contributed by atoms with Crippen molar-refractivity contribution in [3.8, 4) is 0 Å². The highest BCUT2D eigenvalue weighted by Gasteiger charge is 2.29. The molecule has 0 bridgehead atoms. The highest BCUT2D eigenvalue weighted by molar-refractivity contribution is 5.98. The third kappa shape index (κ3) is 4.55. The molecule has 4 aromatic rings. The van der Waals surface area contributed by atoms with Crippen LogP contribution in [0.2, 0.25) is 0 Å². The number of nitrogens with zero attached hydrogens (tertiary/aromatic N) is 3. The predicted octanol–water partition coefficient (Wildman–Crippen LogP) is 2.97. The molecule has 11 heteroatoms. The first-order valence-electron chi connectivity index (χ1n) is 13.0. The summed E-state index contributed by atoms with van der Waals surface area (Å²) in [6.07, 6.45) is 3.93. The smallest absolute Gasteiger partial charge is 0.335 e. The first-order valence-corrected chi connectivity index (χ1v) is 13.0. The number of carboxylic acid groups (broad SMARTS) is 1. The quantitative estimate of drug-likeness (QED) is 0.294. The Balaban J connectivity index is 1.21. The van der Waals surface area contributed by atoms with E-state index in [1.165, 1.54) is 16.8 Å². The van der Waals surface area contributed by atoms with Crippen molar-refractivity contribution in [3.63, 3.8) is 0 Å². The molecule has 3 amide bonds. The van der Waals surface area contributed by atoms with Crippen molar-refractivity contribution in [1.82, 2.24) is 25.2 Å². The van der Waals surface area contributed by atoms with Gasteiger partial charge >= 0.3 is 5.97 Å². The van der Waals surface area contributed by atoms with Crippen molar-refractivity contribution in [3.05, 3.63) is 93.4 Å². The van der Waals surface area contributed by atoms with E-state index in [2.05, 4.69) is 26.0 Å². The van der Waals surface area contributed by atoms with E-state index in [9.17, 15) is 24.3 Å². The molecule has 0 spiro atoms. The van der Waals surface area contributed by atoms with Crippen molar-refractivity contribution in [2.75, 3.05) is 5.32 Å². The molecule has 2 aliphatic rings. The van der Waals surface area contributed by atoms with Gasteiger partial charge < -0.3 is 21.1 Å². The van der Waals surface area contributed by atoms with Gasteiger partial charge in [-0.3, -0.25) is 14.4 Å². The Bertz CT molecular complexity index is 1730. The second kappa shape index (κ2) is 9.92. The van der Waals surface area contributed by atoms with Gasteiger partial charge in [-0.1, -0.05) is 18.2 Å². The van der Waals surface area contributed by atoms with Crippen LogP contribution in [0.4, 0.5) is 5.69 Å². The summed E-state index contributed by atoms with van der Waals surface area (Å²) in [7, 11) is 0. The fourth-order valence-electron chi connectivity index (χ4n) is 5.49. The van der Waals surface area contributed by atoms with E-state index in [0.717, 1.165) is 27.9 Å². The van der Waals surface area contributed by atoms with E-state index in [1.807, 2.05) is 18.2 Å². The van der Waals surface area contributed by atoms with Crippen molar-refractivity contribution < 1.29 is 24.3 Å². The average Bonchev–Trinajstić information content (AvgIpc) is 3.58. The lowest BCUT2D eigenvalue weighted by Crippen LogP contribution is -2.30. The molecule has 11 nitrogen and oxygen atoms in total. The summed E-state index contributed by atoms with van der Waals surface area (Å²) >= 11 is 0. The second-order valence-corrected chi connectivity index (χ2v) is 10.0. The molecule has 0 radical (unpaired) electrons. The summed E-state index contributed by atoms with van der Waals surface area (Å²) in [6, 6.07) is 11.7. The lowest BCUT2D eigenvalue weighted by atomic mass is 9.98. The van der Waals surface area contributed by atoms with Crippen molar-refractivity contribution in [2.24, 2.45) is 0 Å². The topological polar surface area (TPSA) is 155 Å². The molecule has 0 saturated heterocycles. The minimum atomic E-state index is -0.977. The standard InChI is InChI=1S/C29H26N6O5/c1-15-18-7-8-21(20(18)6-5-19(15)29(39)40)34-28(38)24-13-23(32-25-10-11-31-35(24)25)27(37)30-14-16-2-3-17-4-9-26(36)33-22(17)12-16/h2-3,5-6,10-13,21H,4,7-9,14H2,1H3,(H,30,37)(H,33,36)(H,34,38)(H,39,40)/t21-/m0/s1. The number of fused-ring (bicyclic) bond motifs is 3. The molecule has 1 atom stereocenters. The molecule has 3 heterocycles. The van der Waals surface area contributed by atoms with Gasteiger partial charge in [0, 0.05) is 30.8 Å². The molecule has 2 aromatic heterocycles. The van der Waals surface area contributed by atoms with Crippen LogP contribution in [-0.4, -0.2) is 43.4 Å². The molecular weight excluding hydrogens is 512 g/mol. The number of carbonyl (C=O) groups is 4. The number of aromatic carboxylic acids is 1. The molecule has 4 N–H and O–H groups in total. The Labute approximate surface area is 228 Å². The highest BCUT2D eigenvalue weighted by atomic mass is 16.4. The maximum absolute atomic E-state index is 13.4. The van der Waals surface area contributed by atoms with E-state index in [0.29, 0.717) is 36.9 Å². The van der Waals surface area contributed by atoms with Gasteiger partial charge in [0.15, 0.2) is 5.65 Å². The number of rotatable bonds is 6. The van der Waals surface area contributed by atoms with Gasteiger partial charge in [0.1, 0.15) is 11.4 Å². The Morgan fingerprint density at radius 2 is 1.93 bits per heavy atom. The number of hydrogen-bond donors (Lipinski definition) is 4. The number of nitrogens with one attached hydrogen (secondary N) is 3. The largest absolute Gasteiger partial charge is 0.478 e. The average molecular weight is 539 g/mol. The fourth-order valence-corrected chi connectivity index (χ4v) is 5.49. The van der Waals surface area contributed by atoms with Crippen LogP contribution in [-0.2, 0) is 24.2 Å². The molecule has 2 aromatic carbocycles. The van der Waals surface area contributed by atoms with E-state index < -0.39 is 17.8 Å². The SMILES string of the molecule is Cc1c(C(=O)O)ccc2c1CC[C@@H]2NC(=O)c1cc(C(=O)NCc2ccc3c(c2)NC(=O)CC3)nc2ccnn12. The van der Waals surface area contributed by atoms with Gasteiger partial charge in [-0.2, -0.15) is 5.10 Å². The van der Waals surface area contributed by atoms with Gasteiger partial charge in [0.25, 0.3) is 11.8 Å². The third-order valence-corrected chi connectivity index (χ3v) is 7.58. The van der Waals surface area contributed by atoms with E-state index >= 15 is 0 Å². The van der Waals surface area contributed by atoms with Gasteiger partial charge in [-0.25, -0.2) is 14.3 Å². The maximum atomic E-state index is 13.4. The lowest BCUT2D eigenvalue weighted by Gasteiger charge is -2.18. The van der Waals surface area contributed by atoms with Crippen LogP contribution in [0.5, 0.6) is 0 Å². The van der Waals surface area contributed by atoms with Crippen molar-refractivity contribution in [2.45, 2.75) is 45.2 Å². The summed E-state index contributed by atoms with van der Waals surface area (Å²) < 4.78 is 1.38. The summed E-state index contributed by atoms with van der Waals surface area (Å²) in [6.45, 7) is 2.00. The van der Waals surface area contributed by atoms with Gasteiger partial charge in [0.05, 0.1) is 17.8 Å². The third-order valence-electron chi connectivity index (χ3n) is 7.58. The Kier molecular flexibility index (Phi) is 6.25. The van der Waals surface area contributed by atoms with Crippen LogP contribution in [0, 0.1) is 6.92 Å². The summed E-state index contributed by atoms with van der Waals surface area (Å²) in [5.41, 5.74) is 5.99. The lowest BCUT2D eigenvalue weighted by molar-refractivity contribution is -0.116. The molecular formula is C29H26N6O5. The van der Waals surface area contributed by atoms with Gasteiger partial charge in [0.2, 0.25) is 5.91 Å². The fraction of sp³-hybridized carbons (Fsp3) is 0.241. The zero-order valence-electron chi connectivity index (χ0n) is 21.7. The number of aryl methyl sites for hydroxylation is 1. The number of hydrogen-bond acceptors (Lipinski definition) is 6. The Morgan fingerprint density at radius 1 is 1.07 bits per heavy atom. The number of carbonyl (C=O) groups excluding carboxylic acids is 3. The monoisotopic (exact) mass is 538 g/mol. The molecule has 6 rings (SSSR count). The number of amides is 3. The van der Waals surface area contributed by atoms with E-state index in [-0.39, 0.29) is 35.4 Å². The molecule has 1 aliphatic carbocycles. The Hall–Kier alpha value is -5.06. The number of benzene rings is 2. The first kappa shape index (κ1) is 25.2. The van der Waals surface area contributed by atoms with Crippen molar-refractivity contribution >= 4 is 35.0 Å². The zero-order valence-corrected chi connectivity index (χ0v) is 21.7. The van der Waals surface area contributed by atoms with Crippen LogP contribution < -0.4 is 16.0 Å². The number of anilines is 1. The summed E-state index contributed by atoms with van der Waals surface area (Å²) in [5.74, 6) is -1.88. The first-order chi connectivity index (χ1) is 19.3. The zero-order chi connectivity index (χ0) is 28.0. The molecule has 40 heavy (non-hydrogen) atoms. The molecule has 202 valence electrons. The molecule has 0 fully saturated rings. The second-order valence-electron chi connectivity index (χ2n) is 10.0. The van der Waals surface area contributed by atoms with Crippen LogP contribution >= 0.6 is 0 Å². The minimum Gasteiger partial charge on any atom is -0.478 e. The van der Waals surface area contributed by atoms with Gasteiger partial charge in [-0.15, -0.1) is 0 Å². The highest BCUT2D eigenvalue weighted by Crippen LogP contribution is 2.35. The van der Waals surface area contributed by atoms with Crippen LogP contribution in [0.3, 0.4) is 0 Å². The predicted molar refractivity (Wildman–Crippen MR) is 144 cm³/mol. The number of aromatic nitrogens is 3. The van der Waals surface area contributed by atoms with Crippen LogP contribution in [0.1, 0.15) is 78.0 Å². The summed E-state index contributed by atoms with van der Waals surface area (Å²) in [4.78, 5) is 54.1. The maximum Gasteiger partial charge on any atom is 0.335 e. The summed E-state index contributed by atoms with van der Waals surface area (Å²) in [5, 5.41) is 22.4. The normalized spacial score (nSPS) is 15.7. The van der Waals surface area contributed by atoms with Crippen molar-refractivity contribution in [1.29, 1.82) is 0 Å².